The van der Waals surface area contributed by atoms with Crippen molar-refractivity contribution < 1.29 is 13.9 Å². The molecule has 0 aliphatic heterocycles. The number of nitrogens with zero attached hydrogens (tertiary/aromatic N) is 2. The summed E-state index contributed by atoms with van der Waals surface area (Å²) >= 11 is 0. The fourth-order valence-electron chi connectivity index (χ4n) is 5.18. The van der Waals surface area contributed by atoms with E-state index >= 15 is 0 Å². The number of anilines is 4. The summed E-state index contributed by atoms with van der Waals surface area (Å²) < 4.78 is 20.1. The maximum Gasteiger partial charge on any atom is 0.253 e. The number of likely N-dealkylation sites (N-methyl/N-ethyl adjacent to an activating group) is 1. The van der Waals surface area contributed by atoms with Crippen LogP contribution >= 0.6 is 0 Å². The predicted octanol–water partition coefficient (Wildman–Crippen LogP) is 5.04. The third-order valence-corrected chi connectivity index (χ3v) is 6.97. The average Bonchev–Trinajstić information content (AvgIpc) is 3.40. The molecule has 2 aromatic heterocycles. The van der Waals surface area contributed by atoms with Crippen molar-refractivity contribution >= 4 is 40.1 Å². The number of carbonyl (C=O) groups is 1. The van der Waals surface area contributed by atoms with Gasteiger partial charge in [-0.3, -0.25) is 4.79 Å². The van der Waals surface area contributed by atoms with Gasteiger partial charge in [0.2, 0.25) is 5.95 Å². The number of halogens is 1. The number of aryl methyl sites for hydroxylation is 1. The largest absolute Gasteiger partial charge is 0.495 e. The van der Waals surface area contributed by atoms with Crippen molar-refractivity contribution in [3.05, 3.63) is 83.0 Å². The SMILES string of the molecule is C=C=C(CNC)C1CCCc2cc(OC)c(Nc3nc(Nc4cccc(F)c4C(N)=O)c4cc[nH]c4n3)cc21. The molecule has 0 saturated heterocycles. The first kappa shape index (κ1) is 26.0. The van der Waals surface area contributed by atoms with Crippen molar-refractivity contribution in [2.45, 2.75) is 25.2 Å². The Kier molecular flexibility index (Phi) is 7.31. The molecule has 10 heteroatoms. The predicted molar refractivity (Wildman–Crippen MR) is 151 cm³/mol. The van der Waals surface area contributed by atoms with Gasteiger partial charge in [0.15, 0.2) is 0 Å². The zero-order valence-electron chi connectivity index (χ0n) is 21.8. The molecule has 5 rings (SSSR count). The monoisotopic (exact) mass is 527 g/mol. The zero-order valence-corrected chi connectivity index (χ0v) is 21.8. The molecule has 1 atom stereocenters. The Labute approximate surface area is 225 Å². The van der Waals surface area contributed by atoms with Gasteiger partial charge in [0.05, 0.1) is 29.4 Å². The van der Waals surface area contributed by atoms with Crippen LogP contribution in [0.1, 0.15) is 40.2 Å². The van der Waals surface area contributed by atoms with Crippen molar-refractivity contribution in [1.82, 2.24) is 20.3 Å². The number of benzene rings is 2. The molecular formula is C29H30FN7O2. The number of fused-ring (bicyclic) bond motifs is 2. The highest BCUT2D eigenvalue weighted by atomic mass is 19.1. The lowest BCUT2D eigenvalue weighted by Crippen LogP contribution is -2.19. The van der Waals surface area contributed by atoms with Gasteiger partial charge in [0, 0.05) is 18.7 Å². The highest BCUT2D eigenvalue weighted by molar-refractivity contribution is 6.01. The van der Waals surface area contributed by atoms with Gasteiger partial charge < -0.3 is 31.4 Å². The molecule has 1 amide bonds. The number of rotatable bonds is 9. The molecule has 2 aromatic carbocycles. The number of hydrogen-bond donors (Lipinski definition) is 5. The van der Waals surface area contributed by atoms with Gasteiger partial charge in [-0.1, -0.05) is 12.6 Å². The van der Waals surface area contributed by atoms with Crippen LogP contribution in [-0.2, 0) is 6.42 Å². The van der Waals surface area contributed by atoms with Crippen molar-refractivity contribution in [3.8, 4) is 5.75 Å². The van der Waals surface area contributed by atoms with Crippen LogP contribution in [0, 0.1) is 5.82 Å². The van der Waals surface area contributed by atoms with Crippen LogP contribution in [0.5, 0.6) is 5.75 Å². The van der Waals surface area contributed by atoms with E-state index in [1.165, 1.54) is 23.3 Å². The zero-order chi connectivity index (χ0) is 27.5. The van der Waals surface area contributed by atoms with Crippen LogP contribution in [0.25, 0.3) is 11.0 Å². The lowest BCUT2D eigenvalue weighted by molar-refractivity contribution is 0.0997. The average molecular weight is 528 g/mol. The summed E-state index contributed by atoms with van der Waals surface area (Å²) in [5.74, 6) is -0.0904. The van der Waals surface area contributed by atoms with Crippen LogP contribution in [0.4, 0.5) is 27.5 Å². The molecule has 4 aromatic rings. The molecule has 0 saturated carbocycles. The number of nitrogens with one attached hydrogen (secondary N) is 4. The van der Waals surface area contributed by atoms with Gasteiger partial charge in [-0.2, -0.15) is 9.97 Å². The maximum atomic E-state index is 14.4. The third kappa shape index (κ3) is 5.07. The molecule has 0 spiro atoms. The van der Waals surface area contributed by atoms with E-state index in [4.69, 9.17) is 10.5 Å². The Morgan fingerprint density at radius 3 is 2.85 bits per heavy atom. The first-order valence-corrected chi connectivity index (χ1v) is 12.6. The number of aromatic nitrogens is 3. The fraction of sp³-hybridized carbons (Fsp3) is 0.241. The van der Waals surface area contributed by atoms with E-state index in [0.29, 0.717) is 34.8 Å². The van der Waals surface area contributed by atoms with E-state index in [-0.39, 0.29) is 23.1 Å². The number of primary amides is 1. The molecule has 39 heavy (non-hydrogen) atoms. The van der Waals surface area contributed by atoms with E-state index in [1.807, 2.05) is 7.05 Å². The maximum absolute atomic E-state index is 14.4. The highest BCUT2D eigenvalue weighted by Crippen LogP contribution is 2.42. The number of hydrogen-bond acceptors (Lipinski definition) is 7. The Morgan fingerprint density at radius 2 is 2.10 bits per heavy atom. The summed E-state index contributed by atoms with van der Waals surface area (Å²) in [5, 5.41) is 10.2. The van der Waals surface area contributed by atoms with E-state index < -0.39 is 11.7 Å². The molecule has 9 nitrogen and oxygen atoms in total. The van der Waals surface area contributed by atoms with Gasteiger partial charge >= 0.3 is 0 Å². The van der Waals surface area contributed by atoms with E-state index in [0.717, 1.165) is 24.8 Å². The second kappa shape index (κ2) is 11.0. The standard InChI is InChI=1S/C29H30FN7O2/c1-4-16(15-32-2)18-8-5-7-17-13-24(39-3)23(14-20(17)18)35-29-36-27-19(11-12-33-27)28(37-29)34-22-10-6-9-21(30)25(22)26(31)38/h6,9-14,18,32H,1,5,7-8,15H2,2-3H3,(H2,31,38)(H3,33,34,35,36,37). The number of aromatic amines is 1. The van der Waals surface area contributed by atoms with Crippen molar-refractivity contribution in [3.63, 3.8) is 0 Å². The highest BCUT2D eigenvalue weighted by Gasteiger charge is 2.26. The van der Waals surface area contributed by atoms with Crippen molar-refractivity contribution in [1.29, 1.82) is 0 Å². The molecular weight excluding hydrogens is 497 g/mol. The third-order valence-electron chi connectivity index (χ3n) is 6.97. The minimum absolute atomic E-state index is 0.189. The van der Waals surface area contributed by atoms with Gasteiger partial charge in [-0.15, -0.1) is 5.73 Å². The molecule has 2 heterocycles. The Balaban J connectivity index is 1.56. The minimum atomic E-state index is -0.882. The summed E-state index contributed by atoms with van der Waals surface area (Å²) in [6.07, 6.45) is 4.76. The molecule has 0 fully saturated rings. The number of H-pyrrole nitrogens is 1. The quantitative estimate of drug-likeness (QED) is 0.193. The molecule has 0 bridgehead atoms. The van der Waals surface area contributed by atoms with Gasteiger partial charge in [0.1, 0.15) is 23.0 Å². The summed E-state index contributed by atoms with van der Waals surface area (Å²) in [6.45, 7) is 4.62. The second-order valence-electron chi connectivity index (χ2n) is 9.34. The molecule has 6 N–H and O–H groups in total. The molecule has 0 radical (unpaired) electrons. The van der Waals surface area contributed by atoms with Gasteiger partial charge in [-0.25, -0.2) is 4.39 Å². The Bertz CT molecular complexity index is 1610. The van der Waals surface area contributed by atoms with Gasteiger partial charge in [0.25, 0.3) is 5.91 Å². The Morgan fingerprint density at radius 1 is 1.26 bits per heavy atom. The molecule has 1 aliphatic rings. The summed E-state index contributed by atoms with van der Waals surface area (Å²) in [5.41, 5.74) is 13.3. The topological polar surface area (TPSA) is 130 Å². The summed E-state index contributed by atoms with van der Waals surface area (Å²) in [4.78, 5) is 24.3. The normalized spacial score (nSPS) is 14.4. The van der Waals surface area contributed by atoms with Crippen LogP contribution in [0.15, 0.2) is 60.5 Å². The lowest BCUT2D eigenvalue weighted by Gasteiger charge is -2.28. The van der Waals surface area contributed by atoms with Gasteiger partial charge in [-0.05, 0) is 73.3 Å². The van der Waals surface area contributed by atoms with E-state index in [1.54, 1.807) is 25.4 Å². The first-order valence-electron chi connectivity index (χ1n) is 12.6. The van der Waals surface area contributed by atoms with Crippen LogP contribution < -0.4 is 26.4 Å². The molecule has 1 aliphatic carbocycles. The lowest BCUT2D eigenvalue weighted by atomic mass is 9.78. The van der Waals surface area contributed by atoms with Crippen LogP contribution in [0.3, 0.4) is 0 Å². The van der Waals surface area contributed by atoms with Crippen molar-refractivity contribution in [2.75, 3.05) is 31.3 Å². The first-order chi connectivity index (χ1) is 18.9. The van der Waals surface area contributed by atoms with E-state index in [2.05, 4.69) is 55.3 Å². The van der Waals surface area contributed by atoms with E-state index in [9.17, 15) is 9.18 Å². The van der Waals surface area contributed by atoms with Crippen molar-refractivity contribution in [2.24, 2.45) is 5.73 Å². The fourth-order valence-corrected chi connectivity index (χ4v) is 5.18. The Hall–Kier alpha value is -4.66. The number of amides is 1. The smallest absolute Gasteiger partial charge is 0.253 e. The molecule has 200 valence electrons. The molecule has 1 unspecified atom stereocenters. The number of carbonyl (C=O) groups excluding carboxylic acids is 1. The minimum Gasteiger partial charge on any atom is -0.495 e. The summed E-state index contributed by atoms with van der Waals surface area (Å²) in [7, 11) is 3.54. The number of ether oxygens (including phenoxy) is 1. The number of nitrogens with two attached hydrogens (primary N) is 1. The summed E-state index contributed by atoms with van der Waals surface area (Å²) in [6, 6.07) is 10.2. The number of methoxy groups -OCH3 is 1. The second-order valence-corrected chi connectivity index (χ2v) is 9.34. The van der Waals surface area contributed by atoms with Crippen LogP contribution in [-0.4, -0.2) is 41.6 Å². The van der Waals surface area contributed by atoms with Crippen LogP contribution in [0.2, 0.25) is 0 Å².